The minimum atomic E-state index is -4.07. The first-order valence-corrected chi connectivity index (χ1v) is 13.7. The Hall–Kier alpha value is -3.08. The molecule has 8 nitrogen and oxygen atoms in total. The molecule has 0 heterocycles. The largest absolute Gasteiger partial charge is 0.354 e. The van der Waals surface area contributed by atoms with Crippen LogP contribution in [0.1, 0.15) is 12.0 Å². The molecule has 0 saturated carbocycles. The molecule has 0 fully saturated rings. The number of nitro benzene ring substituents is 1. The van der Waals surface area contributed by atoms with E-state index in [2.05, 4.69) is 5.32 Å². The number of hydrogen-bond donors (Lipinski definition) is 1. The average Bonchev–Trinajstić information content (AvgIpc) is 2.85. The molecule has 0 atom stereocenters. The molecule has 0 spiro atoms. The molecule has 3 aromatic rings. The van der Waals surface area contributed by atoms with E-state index in [1.807, 2.05) is 24.3 Å². The maximum atomic E-state index is 13.3. The third kappa shape index (κ3) is 7.71. The van der Waals surface area contributed by atoms with Gasteiger partial charge < -0.3 is 5.32 Å². The van der Waals surface area contributed by atoms with Gasteiger partial charge in [-0.25, -0.2) is 8.42 Å². The van der Waals surface area contributed by atoms with Crippen molar-refractivity contribution in [2.24, 2.45) is 0 Å². The van der Waals surface area contributed by atoms with E-state index < -0.39 is 27.4 Å². The second-order valence-electron chi connectivity index (χ2n) is 7.48. The molecule has 0 saturated heterocycles. The number of non-ortho nitro benzene ring substituents is 1. The lowest BCUT2D eigenvalue weighted by Gasteiger charge is -2.24. The number of nitro groups is 1. The SMILES string of the molecule is O=C(CN(c1ccc([N+](=O)[O-])cc1)S(=O)(=O)c1ccccc1)NCCCSCc1cccc(Cl)c1. The van der Waals surface area contributed by atoms with Crippen molar-refractivity contribution in [3.63, 3.8) is 0 Å². The Morgan fingerprint density at radius 1 is 1.03 bits per heavy atom. The van der Waals surface area contributed by atoms with E-state index in [0.29, 0.717) is 18.0 Å². The molecule has 11 heteroatoms. The van der Waals surface area contributed by atoms with Crippen molar-refractivity contribution >= 4 is 50.7 Å². The zero-order valence-corrected chi connectivity index (χ0v) is 21.1. The van der Waals surface area contributed by atoms with Gasteiger partial charge in [-0.2, -0.15) is 11.8 Å². The summed E-state index contributed by atoms with van der Waals surface area (Å²) in [5.74, 6) is 1.14. The Morgan fingerprint density at radius 2 is 1.74 bits per heavy atom. The van der Waals surface area contributed by atoms with Crippen LogP contribution in [-0.4, -0.2) is 38.1 Å². The third-order valence-corrected chi connectivity index (χ3v) is 8.05. The fourth-order valence-electron chi connectivity index (χ4n) is 3.18. The zero-order chi connectivity index (χ0) is 25.3. The summed E-state index contributed by atoms with van der Waals surface area (Å²) in [6.07, 6.45) is 0.708. The number of hydrogen-bond acceptors (Lipinski definition) is 6. The molecule has 0 aliphatic heterocycles. The van der Waals surface area contributed by atoms with Gasteiger partial charge in [-0.15, -0.1) is 0 Å². The zero-order valence-electron chi connectivity index (χ0n) is 18.7. The van der Waals surface area contributed by atoms with Crippen molar-refractivity contribution < 1.29 is 18.1 Å². The van der Waals surface area contributed by atoms with E-state index in [4.69, 9.17) is 11.6 Å². The topological polar surface area (TPSA) is 110 Å². The lowest BCUT2D eigenvalue weighted by atomic mass is 10.2. The number of rotatable bonds is 12. The number of carbonyl (C=O) groups is 1. The summed E-state index contributed by atoms with van der Waals surface area (Å²) in [4.78, 5) is 23.0. The highest BCUT2D eigenvalue weighted by molar-refractivity contribution is 7.98. The Morgan fingerprint density at radius 3 is 2.40 bits per heavy atom. The predicted molar refractivity (Wildman–Crippen MR) is 139 cm³/mol. The molecule has 0 radical (unpaired) electrons. The number of carbonyl (C=O) groups excluding carboxylic acids is 1. The van der Waals surface area contributed by atoms with Crippen molar-refractivity contribution in [2.45, 2.75) is 17.1 Å². The van der Waals surface area contributed by atoms with E-state index in [1.54, 1.807) is 30.0 Å². The lowest BCUT2D eigenvalue weighted by Crippen LogP contribution is -2.41. The second-order valence-corrected chi connectivity index (χ2v) is 10.9. The number of amides is 1. The Kier molecular flexibility index (Phi) is 9.53. The maximum Gasteiger partial charge on any atom is 0.269 e. The quantitative estimate of drug-likeness (QED) is 0.202. The fraction of sp³-hybridized carbons (Fsp3) is 0.208. The molecule has 3 rings (SSSR count). The Bertz CT molecular complexity index is 1260. The van der Waals surface area contributed by atoms with Crippen LogP contribution in [0, 0.1) is 10.1 Å². The summed E-state index contributed by atoms with van der Waals surface area (Å²) in [5.41, 5.74) is 1.11. The van der Waals surface area contributed by atoms with Gasteiger partial charge in [0, 0.05) is 29.5 Å². The smallest absolute Gasteiger partial charge is 0.269 e. The summed E-state index contributed by atoms with van der Waals surface area (Å²) in [6.45, 7) is -0.0639. The molecule has 35 heavy (non-hydrogen) atoms. The number of nitrogens with zero attached hydrogens (tertiary/aromatic N) is 2. The van der Waals surface area contributed by atoms with Gasteiger partial charge in [0.1, 0.15) is 6.54 Å². The minimum absolute atomic E-state index is 0.0172. The van der Waals surface area contributed by atoms with E-state index in [1.165, 1.54) is 36.4 Å². The normalized spacial score (nSPS) is 11.1. The first-order chi connectivity index (χ1) is 16.8. The van der Waals surface area contributed by atoms with Crippen LogP contribution in [0.15, 0.2) is 83.8 Å². The molecule has 0 aliphatic rings. The average molecular weight is 534 g/mol. The van der Waals surface area contributed by atoms with Gasteiger partial charge in [0.25, 0.3) is 15.7 Å². The van der Waals surface area contributed by atoms with Gasteiger partial charge in [-0.3, -0.25) is 19.2 Å². The predicted octanol–water partition coefficient (Wildman–Crippen LogP) is 4.88. The van der Waals surface area contributed by atoms with Gasteiger partial charge in [0.2, 0.25) is 5.91 Å². The van der Waals surface area contributed by atoms with E-state index in [0.717, 1.165) is 21.4 Å². The highest BCUT2D eigenvalue weighted by Crippen LogP contribution is 2.25. The molecule has 1 amide bonds. The molecule has 184 valence electrons. The first kappa shape index (κ1) is 26.5. The van der Waals surface area contributed by atoms with E-state index >= 15 is 0 Å². The van der Waals surface area contributed by atoms with Crippen LogP contribution in [0.4, 0.5) is 11.4 Å². The summed E-state index contributed by atoms with van der Waals surface area (Å²) in [6, 6.07) is 20.4. The third-order valence-electron chi connectivity index (χ3n) is 4.91. The van der Waals surface area contributed by atoms with E-state index in [9.17, 15) is 23.3 Å². The number of nitrogens with one attached hydrogen (secondary N) is 1. The molecule has 0 unspecified atom stereocenters. The van der Waals surface area contributed by atoms with Crippen LogP contribution in [0.2, 0.25) is 5.02 Å². The molecule has 3 aromatic carbocycles. The van der Waals surface area contributed by atoms with Gasteiger partial charge >= 0.3 is 0 Å². The number of benzene rings is 3. The summed E-state index contributed by atoms with van der Waals surface area (Å²) < 4.78 is 27.5. The summed E-state index contributed by atoms with van der Waals surface area (Å²) in [7, 11) is -4.07. The summed E-state index contributed by atoms with van der Waals surface area (Å²) >= 11 is 7.70. The lowest BCUT2D eigenvalue weighted by molar-refractivity contribution is -0.384. The number of anilines is 1. The van der Waals surface area contributed by atoms with Gasteiger partial charge in [0.05, 0.1) is 15.5 Å². The molecular weight excluding hydrogens is 510 g/mol. The standard InChI is InChI=1S/C24H24ClN3O5S2/c25-20-7-4-6-19(16-20)18-34-15-5-14-26-24(29)17-27(21-10-12-22(13-11-21)28(30)31)35(32,33)23-8-2-1-3-9-23/h1-4,6-13,16H,5,14-15,17-18H2,(H,26,29). The van der Waals surface area contributed by atoms with Crippen molar-refractivity contribution in [2.75, 3.05) is 23.1 Å². The van der Waals surface area contributed by atoms with Crippen molar-refractivity contribution in [3.05, 3.63) is 99.6 Å². The summed E-state index contributed by atoms with van der Waals surface area (Å²) in [5, 5.41) is 14.4. The molecule has 0 aromatic heterocycles. The van der Waals surface area contributed by atoms with Gasteiger partial charge in [-0.05, 0) is 54.1 Å². The van der Waals surface area contributed by atoms with Gasteiger partial charge in [0.15, 0.2) is 0 Å². The number of halogens is 1. The monoisotopic (exact) mass is 533 g/mol. The maximum absolute atomic E-state index is 13.3. The minimum Gasteiger partial charge on any atom is -0.354 e. The van der Waals surface area contributed by atoms with Crippen LogP contribution in [-0.2, 0) is 20.6 Å². The van der Waals surface area contributed by atoms with Crippen molar-refractivity contribution in [3.8, 4) is 0 Å². The van der Waals surface area contributed by atoms with Crippen LogP contribution in [0.25, 0.3) is 0 Å². The first-order valence-electron chi connectivity index (χ1n) is 10.7. The highest BCUT2D eigenvalue weighted by Gasteiger charge is 2.27. The molecule has 1 N–H and O–H groups in total. The molecule has 0 bridgehead atoms. The van der Waals surface area contributed by atoms with Crippen LogP contribution >= 0.6 is 23.4 Å². The number of thioether (sulfide) groups is 1. The van der Waals surface area contributed by atoms with Crippen LogP contribution in [0.3, 0.4) is 0 Å². The van der Waals surface area contributed by atoms with Crippen molar-refractivity contribution in [1.82, 2.24) is 5.32 Å². The number of sulfonamides is 1. The Balaban J connectivity index is 1.60. The van der Waals surface area contributed by atoms with E-state index in [-0.39, 0.29) is 16.3 Å². The van der Waals surface area contributed by atoms with Crippen LogP contribution < -0.4 is 9.62 Å². The molecule has 0 aliphatic carbocycles. The van der Waals surface area contributed by atoms with Crippen LogP contribution in [0.5, 0.6) is 0 Å². The highest BCUT2D eigenvalue weighted by atomic mass is 35.5. The Labute approximate surface area is 213 Å². The fourth-order valence-corrected chi connectivity index (χ4v) is 5.74. The molecular formula is C24H24ClN3O5S2. The van der Waals surface area contributed by atoms with Crippen molar-refractivity contribution in [1.29, 1.82) is 0 Å². The van der Waals surface area contributed by atoms with Gasteiger partial charge in [-0.1, -0.05) is 41.9 Å². The second kappa shape index (κ2) is 12.6.